The second kappa shape index (κ2) is 8.00. The predicted octanol–water partition coefficient (Wildman–Crippen LogP) is 5.68. The van der Waals surface area contributed by atoms with Gasteiger partial charge in [0, 0.05) is 5.69 Å². The number of aromatic nitrogens is 3. The fraction of sp³-hybridized carbons (Fsp3) is 0.240. The van der Waals surface area contributed by atoms with Crippen molar-refractivity contribution in [3.63, 3.8) is 0 Å². The number of nitrogens with zero attached hydrogens (tertiary/aromatic N) is 3. The smallest absolute Gasteiger partial charge is 0.323 e. The maximum absolute atomic E-state index is 12.6. The monoisotopic (exact) mass is 429 g/mol. The molecule has 0 radical (unpaired) electrons. The average molecular weight is 430 g/mol. The molecule has 7 heteroatoms. The van der Waals surface area contributed by atoms with E-state index in [4.69, 9.17) is 0 Å². The van der Waals surface area contributed by atoms with E-state index in [0.29, 0.717) is 11.4 Å². The molecule has 1 aromatic heterocycles. The van der Waals surface area contributed by atoms with Gasteiger partial charge in [-0.25, -0.2) is 4.79 Å². The van der Waals surface area contributed by atoms with E-state index in [9.17, 15) is 9.90 Å². The number of amides is 2. The Morgan fingerprint density at radius 3 is 2.22 bits per heavy atom. The van der Waals surface area contributed by atoms with Gasteiger partial charge in [0.1, 0.15) is 16.7 Å². The van der Waals surface area contributed by atoms with Crippen molar-refractivity contribution in [2.45, 2.75) is 40.0 Å². The second-order valence-corrected chi connectivity index (χ2v) is 9.07. The van der Waals surface area contributed by atoms with Crippen LogP contribution in [-0.4, -0.2) is 26.1 Å². The summed E-state index contributed by atoms with van der Waals surface area (Å²) in [6, 6.07) is 16.5. The van der Waals surface area contributed by atoms with Crippen LogP contribution < -0.4 is 10.6 Å². The molecular weight excluding hydrogens is 402 g/mol. The molecule has 32 heavy (non-hydrogen) atoms. The van der Waals surface area contributed by atoms with Crippen LogP contribution in [0.1, 0.15) is 37.5 Å². The number of aryl methyl sites for hydroxylation is 2. The molecule has 3 aromatic carbocycles. The summed E-state index contributed by atoms with van der Waals surface area (Å²) < 4.78 is 0. The highest BCUT2D eigenvalue weighted by atomic mass is 16.3. The number of phenols is 1. The van der Waals surface area contributed by atoms with E-state index < -0.39 is 6.03 Å². The molecule has 4 rings (SSSR count). The molecule has 7 nitrogen and oxygen atoms in total. The number of carbonyl (C=O) groups is 1. The van der Waals surface area contributed by atoms with E-state index >= 15 is 0 Å². The molecule has 0 atom stereocenters. The van der Waals surface area contributed by atoms with Crippen molar-refractivity contribution in [1.82, 2.24) is 15.0 Å². The summed E-state index contributed by atoms with van der Waals surface area (Å²) in [7, 11) is 0. The minimum atomic E-state index is -0.449. The number of aromatic hydroxyl groups is 1. The van der Waals surface area contributed by atoms with Gasteiger partial charge in [0.2, 0.25) is 0 Å². The highest BCUT2D eigenvalue weighted by molar-refractivity contribution is 6.01. The molecule has 0 saturated heterocycles. The number of benzene rings is 3. The molecule has 0 spiro atoms. The van der Waals surface area contributed by atoms with Crippen LogP contribution in [0.3, 0.4) is 0 Å². The zero-order valence-corrected chi connectivity index (χ0v) is 18.9. The van der Waals surface area contributed by atoms with Gasteiger partial charge in [-0.15, -0.1) is 15.0 Å². The molecular formula is C25H27N5O2. The van der Waals surface area contributed by atoms with E-state index in [2.05, 4.69) is 41.6 Å². The van der Waals surface area contributed by atoms with Gasteiger partial charge in [-0.3, -0.25) is 0 Å². The Hall–Kier alpha value is -3.87. The molecule has 0 aliphatic heterocycles. The van der Waals surface area contributed by atoms with Gasteiger partial charge in [0.15, 0.2) is 5.75 Å². The van der Waals surface area contributed by atoms with Crippen LogP contribution >= 0.6 is 0 Å². The molecule has 1 heterocycles. The zero-order valence-electron chi connectivity index (χ0n) is 18.9. The Morgan fingerprint density at radius 2 is 1.53 bits per heavy atom. The standard InChI is InChI=1S/C25H27N5O2/c1-15-6-9-18(10-7-15)26-24(32)27-21-13-17(25(3,4)5)14-22(23(21)31)30-28-19-11-8-16(2)12-20(19)29-30/h6-14,31H,1-5H3,(H2,26,27,32). The molecule has 164 valence electrons. The Labute approximate surface area is 187 Å². The topological polar surface area (TPSA) is 92.1 Å². The van der Waals surface area contributed by atoms with Crippen molar-refractivity contribution in [1.29, 1.82) is 0 Å². The molecule has 4 aromatic rings. The lowest BCUT2D eigenvalue weighted by atomic mass is 9.86. The van der Waals surface area contributed by atoms with Crippen molar-refractivity contribution < 1.29 is 9.90 Å². The van der Waals surface area contributed by atoms with Crippen molar-refractivity contribution in [3.05, 3.63) is 71.3 Å². The lowest BCUT2D eigenvalue weighted by Crippen LogP contribution is -2.21. The summed E-state index contributed by atoms with van der Waals surface area (Å²) in [5.41, 5.74) is 5.68. The fourth-order valence-electron chi connectivity index (χ4n) is 3.35. The third-order valence-electron chi connectivity index (χ3n) is 5.26. The molecule has 3 N–H and O–H groups in total. The summed E-state index contributed by atoms with van der Waals surface area (Å²) in [6.07, 6.45) is 0. The third-order valence-corrected chi connectivity index (χ3v) is 5.26. The van der Waals surface area contributed by atoms with E-state index in [0.717, 1.165) is 27.7 Å². The molecule has 0 saturated carbocycles. The Balaban J connectivity index is 1.73. The second-order valence-electron chi connectivity index (χ2n) is 9.07. The van der Waals surface area contributed by atoms with Crippen LogP contribution in [0.5, 0.6) is 5.75 Å². The van der Waals surface area contributed by atoms with E-state index in [1.54, 1.807) is 6.07 Å². The van der Waals surface area contributed by atoms with Crippen LogP contribution in [0, 0.1) is 13.8 Å². The number of nitrogens with one attached hydrogen (secondary N) is 2. The Bertz CT molecular complexity index is 1300. The first-order valence-electron chi connectivity index (χ1n) is 10.5. The largest absolute Gasteiger partial charge is 0.504 e. The van der Waals surface area contributed by atoms with Gasteiger partial charge in [0.25, 0.3) is 0 Å². The number of anilines is 2. The molecule has 0 bridgehead atoms. The van der Waals surface area contributed by atoms with Crippen molar-refractivity contribution in [3.8, 4) is 11.4 Å². The lowest BCUT2D eigenvalue weighted by Gasteiger charge is -2.22. The summed E-state index contributed by atoms with van der Waals surface area (Å²) in [5, 5.41) is 25.6. The quantitative estimate of drug-likeness (QED) is 0.365. The maximum atomic E-state index is 12.6. The van der Waals surface area contributed by atoms with Crippen LogP contribution in [0.4, 0.5) is 16.2 Å². The van der Waals surface area contributed by atoms with E-state index in [-0.39, 0.29) is 16.9 Å². The minimum absolute atomic E-state index is 0.103. The number of carbonyl (C=O) groups excluding carboxylic acids is 1. The SMILES string of the molecule is Cc1ccc(NC(=O)Nc2cc(C(C)(C)C)cc(-n3nc4ccc(C)cc4n3)c2O)cc1. The van der Waals surface area contributed by atoms with Crippen molar-refractivity contribution in [2.24, 2.45) is 0 Å². The number of hydrogen-bond donors (Lipinski definition) is 3. The summed E-state index contributed by atoms with van der Waals surface area (Å²) in [6.45, 7) is 10.2. The highest BCUT2D eigenvalue weighted by Gasteiger charge is 2.22. The molecule has 0 aliphatic carbocycles. The average Bonchev–Trinajstić information content (AvgIpc) is 3.13. The first-order valence-corrected chi connectivity index (χ1v) is 10.5. The number of hydrogen-bond acceptors (Lipinski definition) is 4. The summed E-state index contributed by atoms with van der Waals surface area (Å²) in [5.74, 6) is -0.103. The molecule has 0 unspecified atom stereocenters. The number of phenolic OH excluding ortho intramolecular Hbond substituents is 1. The maximum Gasteiger partial charge on any atom is 0.323 e. The van der Waals surface area contributed by atoms with Crippen LogP contribution in [0.15, 0.2) is 54.6 Å². The Morgan fingerprint density at radius 1 is 0.875 bits per heavy atom. The number of fused-ring (bicyclic) bond motifs is 1. The fourth-order valence-corrected chi connectivity index (χ4v) is 3.35. The molecule has 0 aliphatic rings. The molecule has 0 fully saturated rings. The van der Waals surface area contributed by atoms with Crippen LogP contribution in [0.25, 0.3) is 16.7 Å². The zero-order chi connectivity index (χ0) is 23.0. The minimum Gasteiger partial charge on any atom is -0.504 e. The number of urea groups is 1. The predicted molar refractivity (Wildman–Crippen MR) is 128 cm³/mol. The van der Waals surface area contributed by atoms with Gasteiger partial charge in [-0.2, -0.15) is 0 Å². The number of rotatable bonds is 3. The Kier molecular flexibility index (Phi) is 5.34. The van der Waals surface area contributed by atoms with E-state index in [1.165, 1.54) is 4.80 Å². The first kappa shape index (κ1) is 21.4. The highest BCUT2D eigenvalue weighted by Crippen LogP contribution is 2.36. The van der Waals surface area contributed by atoms with Crippen LogP contribution in [-0.2, 0) is 5.41 Å². The normalized spacial score (nSPS) is 11.5. The third kappa shape index (κ3) is 4.42. The van der Waals surface area contributed by atoms with E-state index in [1.807, 2.05) is 62.4 Å². The summed E-state index contributed by atoms with van der Waals surface area (Å²) in [4.78, 5) is 14.0. The van der Waals surface area contributed by atoms with Gasteiger partial charge in [-0.1, -0.05) is 44.5 Å². The van der Waals surface area contributed by atoms with Gasteiger partial charge >= 0.3 is 6.03 Å². The van der Waals surface area contributed by atoms with Crippen molar-refractivity contribution in [2.75, 3.05) is 10.6 Å². The van der Waals surface area contributed by atoms with Gasteiger partial charge in [-0.05, 0) is 66.8 Å². The lowest BCUT2D eigenvalue weighted by molar-refractivity contribution is 0.262. The summed E-state index contributed by atoms with van der Waals surface area (Å²) >= 11 is 0. The molecule has 2 amide bonds. The first-order chi connectivity index (χ1) is 15.1. The van der Waals surface area contributed by atoms with Crippen LogP contribution in [0.2, 0.25) is 0 Å². The van der Waals surface area contributed by atoms with Crippen molar-refractivity contribution >= 4 is 28.4 Å². The van der Waals surface area contributed by atoms with Gasteiger partial charge < -0.3 is 15.7 Å². The van der Waals surface area contributed by atoms with Gasteiger partial charge in [0.05, 0.1) is 5.69 Å².